The Morgan fingerprint density at radius 1 is 1.27 bits per heavy atom. The van der Waals surface area contributed by atoms with Crippen LogP contribution in [-0.2, 0) is 10.0 Å². The maximum atomic E-state index is 11.8. The van der Waals surface area contributed by atoms with E-state index in [1.807, 2.05) is 0 Å². The normalized spacial score (nSPS) is 14.1. The van der Waals surface area contributed by atoms with E-state index in [4.69, 9.17) is 5.11 Å². The smallest absolute Gasteiger partial charge is 0.222 e. The summed E-state index contributed by atoms with van der Waals surface area (Å²) in [6, 6.07) is 8.70. The quantitative estimate of drug-likeness (QED) is 0.823. The van der Waals surface area contributed by atoms with Gasteiger partial charge in [-0.15, -0.1) is 0 Å². The van der Waals surface area contributed by atoms with Gasteiger partial charge in [0.2, 0.25) is 10.0 Å². The molecule has 1 N–H and O–H groups in total. The Labute approximate surface area is 90.2 Å². The zero-order valence-electron chi connectivity index (χ0n) is 8.79. The molecule has 1 aromatic rings. The summed E-state index contributed by atoms with van der Waals surface area (Å²) in [7, 11) is -0.540. The first-order valence-electron chi connectivity index (χ1n) is 4.57. The summed E-state index contributed by atoms with van der Waals surface area (Å²) in [5.74, 6) is 0. The van der Waals surface area contributed by atoms with Crippen molar-refractivity contribution in [3.8, 4) is 0 Å². The minimum absolute atomic E-state index is 0.412. The van der Waals surface area contributed by atoms with Crippen LogP contribution in [0.5, 0.6) is 0 Å². The van der Waals surface area contributed by atoms with Crippen molar-refractivity contribution >= 4 is 10.0 Å². The van der Waals surface area contributed by atoms with Crippen LogP contribution in [0.3, 0.4) is 0 Å². The molecule has 0 aromatic heterocycles. The topological polar surface area (TPSA) is 57.6 Å². The van der Waals surface area contributed by atoms with E-state index in [0.717, 1.165) is 4.31 Å². The van der Waals surface area contributed by atoms with Crippen molar-refractivity contribution in [2.75, 3.05) is 20.7 Å². The van der Waals surface area contributed by atoms with E-state index in [1.54, 1.807) is 30.3 Å². The summed E-state index contributed by atoms with van der Waals surface area (Å²) in [5.41, 5.74) is 0.605. The highest BCUT2D eigenvalue weighted by Crippen LogP contribution is 2.23. The second kappa shape index (κ2) is 4.74. The number of hydrogen-bond acceptors (Lipinski definition) is 3. The Morgan fingerprint density at radius 3 is 2.20 bits per heavy atom. The molecule has 0 saturated heterocycles. The fourth-order valence-corrected chi connectivity index (χ4v) is 2.49. The molecule has 1 atom stereocenters. The van der Waals surface area contributed by atoms with Crippen LogP contribution in [-0.4, -0.2) is 38.5 Å². The van der Waals surface area contributed by atoms with E-state index in [-0.39, 0.29) is 0 Å². The Balaban J connectivity index is 3.11. The van der Waals surface area contributed by atoms with Crippen LogP contribution < -0.4 is 0 Å². The minimum atomic E-state index is -3.46. The van der Waals surface area contributed by atoms with Gasteiger partial charge < -0.3 is 5.11 Å². The average molecular weight is 229 g/mol. The van der Waals surface area contributed by atoms with Crippen molar-refractivity contribution < 1.29 is 13.5 Å². The number of hydrogen-bond donors (Lipinski definition) is 1. The number of sulfonamides is 1. The first kappa shape index (κ1) is 12.2. The molecule has 0 unspecified atom stereocenters. The lowest BCUT2D eigenvalue weighted by molar-refractivity contribution is 0.288. The molecule has 15 heavy (non-hydrogen) atoms. The Morgan fingerprint density at radius 2 is 1.80 bits per heavy atom. The molecule has 0 saturated carbocycles. The maximum Gasteiger partial charge on any atom is 0.222 e. The van der Waals surface area contributed by atoms with Crippen LogP contribution >= 0.6 is 0 Å². The summed E-state index contributed by atoms with van der Waals surface area (Å²) >= 11 is 0. The van der Waals surface area contributed by atoms with Crippen molar-refractivity contribution in [2.45, 2.75) is 5.25 Å². The molecule has 0 aliphatic carbocycles. The number of rotatable bonds is 4. The Bertz CT molecular complexity index is 400. The zero-order chi connectivity index (χ0) is 11.5. The van der Waals surface area contributed by atoms with E-state index in [9.17, 15) is 8.42 Å². The maximum absolute atomic E-state index is 11.8. The fourth-order valence-electron chi connectivity index (χ4n) is 1.29. The molecule has 1 rings (SSSR count). The van der Waals surface area contributed by atoms with Gasteiger partial charge in [-0.3, -0.25) is 0 Å². The molecule has 84 valence electrons. The summed E-state index contributed by atoms with van der Waals surface area (Å²) in [6.07, 6.45) is 0. The molecule has 0 aliphatic rings. The largest absolute Gasteiger partial charge is 0.395 e. The molecule has 1 aromatic carbocycles. The van der Waals surface area contributed by atoms with Crippen molar-refractivity contribution in [3.05, 3.63) is 35.9 Å². The summed E-state index contributed by atoms with van der Waals surface area (Å²) in [5, 5.41) is 8.28. The van der Waals surface area contributed by atoms with Gasteiger partial charge in [-0.05, 0) is 5.56 Å². The van der Waals surface area contributed by atoms with Crippen LogP contribution in [0.4, 0.5) is 0 Å². The fraction of sp³-hybridized carbons (Fsp3) is 0.400. The van der Waals surface area contributed by atoms with Gasteiger partial charge in [0.25, 0.3) is 0 Å². The molecule has 0 spiro atoms. The van der Waals surface area contributed by atoms with Gasteiger partial charge in [0.1, 0.15) is 5.25 Å². The van der Waals surface area contributed by atoms with Gasteiger partial charge in [0.15, 0.2) is 0 Å². The first-order chi connectivity index (χ1) is 7.00. The van der Waals surface area contributed by atoms with Crippen molar-refractivity contribution in [1.82, 2.24) is 4.31 Å². The molecule has 0 bridgehead atoms. The van der Waals surface area contributed by atoms with Gasteiger partial charge in [-0.1, -0.05) is 30.3 Å². The minimum Gasteiger partial charge on any atom is -0.395 e. The number of aliphatic hydroxyl groups excluding tert-OH is 1. The van der Waals surface area contributed by atoms with Crippen LogP contribution in [0.25, 0.3) is 0 Å². The second-order valence-electron chi connectivity index (χ2n) is 3.41. The standard InChI is InChI=1S/C10H15NO3S/c1-11(2)15(13,14)10(8-12)9-6-4-3-5-7-9/h3-7,10,12H,8H2,1-2H3/t10-/m1/s1. The lowest BCUT2D eigenvalue weighted by Gasteiger charge is -2.20. The molecule has 0 amide bonds. The predicted molar refractivity (Wildman–Crippen MR) is 58.9 cm³/mol. The van der Waals surface area contributed by atoms with E-state index in [0.29, 0.717) is 5.56 Å². The van der Waals surface area contributed by atoms with Gasteiger partial charge >= 0.3 is 0 Å². The monoisotopic (exact) mass is 229 g/mol. The van der Waals surface area contributed by atoms with Crippen molar-refractivity contribution in [1.29, 1.82) is 0 Å². The summed E-state index contributed by atoms with van der Waals surface area (Å²) < 4.78 is 24.8. The van der Waals surface area contributed by atoms with Gasteiger partial charge in [-0.2, -0.15) is 0 Å². The molecule has 5 heteroatoms. The van der Waals surface area contributed by atoms with Gasteiger partial charge in [0, 0.05) is 14.1 Å². The highest BCUT2D eigenvalue weighted by Gasteiger charge is 2.28. The Hall–Kier alpha value is -0.910. The van der Waals surface area contributed by atoms with E-state index in [1.165, 1.54) is 14.1 Å². The number of nitrogens with zero attached hydrogens (tertiary/aromatic N) is 1. The van der Waals surface area contributed by atoms with Crippen LogP contribution in [0, 0.1) is 0 Å². The average Bonchev–Trinajstić information content (AvgIpc) is 2.19. The highest BCUT2D eigenvalue weighted by atomic mass is 32.2. The second-order valence-corrected chi connectivity index (χ2v) is 5.74. The molecule has 0 fully saturated rings. The number of aliphatic hydroxyl groups is 1. The lowest BCUT2D eigenvalue weighted by Crippen LogP contribution is -2.30. The van der Waals surface area contributed by atoms with Gasteiger partial charge in [-0.25, -0.2) is 12.7 Å². The molecular weight excluding hydrogens is 214 g/mol. The summed E-state index contributed by atoms with van der Waals surface area (Å²) in [6.45, 7) is -0.412. The zero-order valence-corrected chi connectivity index (χ0v) is 9.61. The van der Waals surface area contributed by atoms with Crippen LogP contribution in [0.15, 0.2) is 30.3 Å². The third kappa shape index (κ3) is 2.56. The highest BCUT2D eigenvalue weighted by molar-refractivity contribution is 7.89. The summed E-state index contributed by atoms with van der Waals surface area (Å²) in [4.78, 5) is 0. The third-order valence-corrected chi connectivity index (χ3v) is 4.36. The molecular formula is C10H15NO3S. The first-order valence-corrected chi connectivity index (χ1v) is 6.07. The van der Waals surface area contributed by atoms with Crippen LogP contribution in [0.2, 0.25) is 0 Å². The third-order valence-electron chi connectivity index (χ3n) is 2.21. The molecule has 4 nitrogen and oxygen atoms in total. The van der Waals surface area contributed by atoms with Crippen molar-refractivity contribution in [2.24, 2.45) is 0 Å². The van der Waals surface area contributed by atoms with E-state index < -0.39 is 21.9 Å². The van der Waals surface area contributed by atoms with Gasteiger partial charge in [0.05, 0.1) is 6.61 Å². The van der Waals surface area contributed by atoms with Crippen molar-refractivity contribution in [3.63, 3.8) is 0 Å². The SMILES string of the molecule is CN(C)S(=O)(=O)[C@H](CO)c1ccccc1. The van der Waals surface area contributed by atoms with E-state index in [2.05, 4.69) is 0 Å². The molecule has 0 aliphatic heterocycles. The lowest BCUT2D eigenvalue weighted by atomic mass is 10.2. The van der Waals surface area contributed by atoms with Crippen LogP contribution in [0.1, 0.15) is 10.8 Å². The predicted octanol–water partition coefficient (Wildman–Crippen LogP) is 0.611. The Kier molecular flexibility index (Phi) is 3.84. The number of benzene rings is 1. The molecule has 0 heterocycles. The molecule has 0 radical (unpaired) electrons. The van der Waals surface area contributed by atoms with E-state index >= 15 is 0 Å².